The van der Waals surface area contributed by atoms with Crippen molar-refractivity contribution in [3.8, 4) is 0 Å². The number of nitrogens with one attached hydrogen (secondary N) is 1. The molecule has 0 aromatic rings. The summed E-state index contributed by atoms with van der Waals surface area (Å²) in [4.78, 5) is 0. The Kier molecular flexibility index (Phi) is 5.70. The lowest BCUT2D eigenvalue weighted by atomic mass is 10.0. The summed E-state index contributed by atoms with van der Waals surface area (Å²) in [5.41, 5.74) is -0.0000166. The maximum absolute atomic E-state index is 9.82. The molecule has 0 saturated heterocycles. The summed E-state index contributed by atoms with van der Waals surface area (Å²) in [5.74, 6) is 1.22. The van der Waals surface area contributed by atoms with Crippen LogP contribution in [0.1, 0.15) is 34.1 Å². The smallest absolute Gasteiger partial charge is 0.115 e. The Hall–Kier alpha value is -0.510. The lowest BCUT2D eigenvalue weighted by molar-refractivity contribution is 0.0621. The second kappa shape index (κ2) is 6.60. The number of allylic oxidation sites excluding steroid dienone is 4. The van der Waals surface area contributed by atoms with Gasteiger partial charge in [0.2, 0.25) is 0 Å². The van der Waals surface area contributed by atoms with Gasteiger partial charge in [0.05, 0.1) is 5.03 Å². The normalized spacial score (nSPS) is 22.2. The first-order chi connectivity index (χ1) is 8.28. The quantitative estimate of drug-likeness (QED) is 0.809. The third kappa shape index (κ3) is 5.89. The number of aliphatic hydroxyl groups excluding tert-OH is 1. The molecule has 0 aliphatic heterocycles. The predicted molar refractivity (Wildman–Crippen MR) is 75.5 cm³/mol. The van der Waals surface area contributed by atoms with Gasteiger partial charge in [0.25, 0.3) is 0 Å². The highest BCUT2D eigenvalue weighted by Crippen LogP contribution is 2.26. The minimum Gasteiger partial charge on any atom is -0.494 e. The fourth-order valence-corrected chi connectivity index (χ4v) is 1.81. The van der Waals surface area contributed by atoms with E-state index in [4.69, 9.17) is 16.3 Å². The van der Waals surface area contributed by atoms with Crippen molar-refractivity contribution in [1.29, 1.82) is 0 Å². The van der Waals surface area contributed by atoms with Gasteiger partial charge in [-0.2, -0.15) is 0 Å². The Morgan fingerprint density at radius 3 is 2.83 bits per heavy atom. The van der Waals surface area contributed by atoms with E-state index < -0.39 is 6.10 Å². The SMILES string of the molecule is CC1C=CC(Cl)=C(OCC(O)CNC(C)(C)C)C1. The lowest BCUT2D eigenvalue weighted by Gasteiger charge is -2.24. The molecule has 18 heavy (non-hydrogen) atoms. The summed E-state index contributed by atoms with van der Waals surface area (Å²) in [6, 6.07) is 0. The van der Waals surface area contributed by atoms with E-state index in [9.17, 15) is 5.11 Å². The fourth-order valence-electron chi connectivity index (χ4n) is 1.61. The Labute approximate surface area is 115 Å². The largest absolute Gasteiger partial charge is 0.494 e. The van der Waals surface area contributed by atoms with E-state index in [1.807, 2.05) is 6.08 Å². The van der Waals surface area contributed by atoms with E-state index in [1.165, 1.54) is 0 Å². The van der Waals surface area contributed by atoms with Crippen molar-refractivity contribution >= 4 is 11.6 Å². The monoisotopic (exact) mass is 273 g/mol. The van der Waals surface area contributed by atoms with E-state index in [0.29, 0.717) is 17.5 Å². The first-order valence-corrected chi connectivity index (χ1v) is 6.78. The van der Waals surface area contributed by atoms with Gasteiger partial charge >= 0.3 is 0 Å². The molecular weight excluding hydrogens is 250 g/mol. The van der Waals surface area contributed by atoms with Crippen molar-refractivity contribution < 1.29 is 9.84 Å². The number of β-amino-alcohol motifs (C(OH)–C–C–N with tert-alkyl or cyclic N) is 1. The van der Waals surface area contributed by atoms with Crippen molar-refractivity contribution in [3.05, 3.63) is 22.9 Å². The highest BCUT2D eigenvalue weighted by Gasteiger charge is 2.16. The first-order valence-electron chi connectivity index (χ1n) is 6.40. The average molecular weight is 274 g/mol. The third-order valence-electron chi connectivity index (χ3n) is 2.66. The minimum absolute atomic E-state index is 0.0000166. The van der Waals surface area contributed by atoms with Crippen LogP contribution in [0, 0.1) is 5.92 Å². The molecule has 0 aromatic carbocycles. The lowest BCUT2D eigenvalue weighted by Crippen LogP contribution is -2.42. The van der Waals surface area contributed by atoms with Gasteiger partial charge in [-0.15, -0.1) is 0 Å². The van der Waals surface area contributed by atoms with Crippen LogP contribution in [0.15, 0.2) is 22.9 Å². The molecule has 4 heteroatoms. The van der Waals surface area contributed by atoms with Crippen molar-refractivity contribution in [2.45, 2.75) is 45.8 Å². The number of hydrogen-bond donors (Lipinski definition) is 2. The summed E-state index contributed by atoms with van der Waals surface area (Å²) in [6.45, 7) is 9.09. The third-order valence-corrected chi connectivity index (χ3v) is 3.00. The molecule has 3 nitrogen and oxygen atoms in total. The van der Waals surface area contributed by atoms with Gasteiger partial charge in [-0.25, -0.2) is 0 Å². The number of ether oxygens (including phenoxy) is 1. The molecule has 0 fully saturated rings. The van der Waals surface area contributed by atoms with Crippen LogP contribution in [0.5, 0.6) is 0 Å². The molecule has 0 amide bonds. The van der Waals surface area contributed by atoms with Gasteiger partial charge in [-0.1, -0.05) is 24.6 Å². The Morgan fingerprint density at radius 1 is 1.56 bits per heavy atom. The van der Waals surface area contributed by atoms with Crippen molar-refractivity contribution in [2.75, 3.05) is 13.2 Å². The van der Waals surface area contributed by atoms with Crippen LogP contribution in [0.3, 0.4) is 0 Å². The summed E-state index contributed by atoms with van der Waals surface area (Å²) >= 11 is 6.05. The Morgan fingerprint density at radius 2 is 2.22 bits per heavy atom. The fraction of sp³-hybridized carbons (Fsp3) is 0.714. The van der Waals surface area contributed by atoms with Gasteiger partial charge in [-0.3, -0.25) is 0 Å². The summed E-state index contributed by atoms with van der Waals surface area (Å²) < 4.78 is 5.60. The standard InChI is InChI=1S/C14H24ClNO2/c1-10-5-6-12(15)13(7-10)18-9-11(17)8-16-14(2,3)4/h5-6,10-11,16-17H,7-9H2,1-4H3. The number of halogens is 1. The van der Waals surface area contributed by atoms with Crippen molar-refractivity contribution in [3.63, 3.8) is 0 Å². The van der Waals surface area contributed by atoms with Crippen molar-refractivity contribution in [1.82, 2.24) is 5.32 Å². The van der Waals surface area contributed by atoms with Crippen LogP contribution in [0.25, 0.3) is 0 Å². The topological polar surface area (TPSA) is 41.5 Å². The molecule has 1 rings (SSSR count). The van der Waals surface area contributed by atoms with Gasteiger partial charge in [-0.05, 0) is 32.8 Å². The number of aliphatic hydroxyl groups is 1. The van der Waals surface area contributed by atoms with Gasteiger partial charge < -0.3 is 15.2 Å². The van der Waals surface area contributed by atoms with Gasteiger partial charge in [0.15, 0.2) is 0 Å². The Bertz CT molecular complexity index is 331. The van der Waals surface area contributed by atoms with Crippen LogP contribution in [-0.4, -0.2) is 29.9 Å². The molecule has 0 aromatic heterocycles. The number of hydrogen-bond acceptors (Lipinski definition) is 3. The number of rotatable bonds is 5. The van der Waals surface area contributed by atoms with E-state index in [1.54, 1.807) is 0 Å². The molecule has 2 atom stereocenters. The van der Waals surface area contributed by atoms with Crippen LogP contribution in [-0.2, 0) is 4.74 Å². The molecular formula is C14H24ClNO2. The van der Waals surface area contributed by atoms with E-state index in [-0.39, 0.29) is 12.1 Å². The maximum Gasteiger partial charge on any atom is 0.115 e. The zero-order valence-electron chi connectivity index (χ0n) is 11.7. The zero-order valence-corrected chi connectivity index (χ0v) is 12.4. The highest BCUT2D eigenvalue weighted by atomic mass is 35.5. The van der Waals surface area contributed by atoms with Crippen LogP contribution in [0.4, 0.5) is 0 Å². The summed E-state index contributed by atoms with van der Waals surface area (Å²) in [7, 11) is 0. The van der Waals surface area contributed by atoms with E-state index >= 15 is 0 Å². The minimum atomic E-state index is -0.526. The van der Waals surface area contributed by atoms with Gasteiger partial charge in [0.1, 0.15) is 18.5 Å². The van der Waals surface area contributed by atoms with Crippen LogP contribution >= 0.6 is 11.6 Å². The maximum atomic E-state index is 9.82. The molecule has 0 spiro atoms. The molecule has 0 bridgehead atoms. The second-order valence-corrected chi connectivity index (χ2v) is 6.31. The first kappa shape index (κ1) is 15.5. The highest BCUT2D eigenvalue weighted by molar-refractivity contribution is 6.31. The summed E-state index contributed by atoms with van der Waals surface area (Å²) in [5, 5.41) is 13.7. The van der Waals surface area contributed by atoms with Crippen LogP contribution < -0.4 is 5.32 Å². The predicted octanol–water partition coefficient (Wildman–Crippen LogP) is 2.80. The van der Waals surface area contributed by atoms with E-state index in [0.717, 1.165) is 12.2 Å². The zero-order chi connectivity index (χ0) is 13.8. The molecule has 0 heterocycles. The molecule has 1 aliphatic rings. The van der Waals surface area contributed by atoms with E-state index in [2.05, 4.69) is 39.1 Å². The molecule has 2 unspecified atom stereocenters. The Balaban J connectivity index is 2.34. The average Bonchev–Trinajstić information content (AvgIpc) is 2.26. The molecule has 1 aliphatic carbocycles. The van der Waals surface area contributed by atoms with Crippen molar-refractivity contribution in [2.24, 2.45) is 5.92 Å². The molecule has 0 radical (unpaired) electrons. The molecule has 2 N–H and O–H groups in total. The second-order valence-electron chi connectivity index (χ2n) is 5.91. The molecule has 104 valence electrons. The van der Waals surface area contributed by atoms with Crippen LogP contribution in [0.2, 0.25) is 0 Å². The van der Waals surface area contributed by atoms with Gasteiger partial charge in [0, 0.05) is 18.5 Å². The summed E-state index contributed by atoms with van der Waals surface area (Å²) in [6.07, 6.45) is 4.20. The molecule has 0 saturated carbocycles.